The van der Waals surface area contributed by atoms with Gasteiger partial charge >= 0.3 is 0 Å². The van der Waals surface area contributed by atoms with Gasteiger partial charge in [-0.05, 0) is 18.8 Å². The van der Waals surface area contributed by atoms with E-state index in [0.29, 0.717) is 12.0 Å². The van der Waals surface area contributed by atoms with Crippen molar-refractivity contribution in [2.75, 3.05) is 20.7 Å². The Hall–Kier alpha value is -0.120. The predicted molar refractivity (Wildman–Crippen MR) is 45.0 cm³/mol. The molecule has 0 bridgehead atoms. The van der Waals surface area contributed by atoms with Gasteiger partial charge in [-0.2, -0.15) is 5.06 Å². The summed E-state index contributed by atoms with van der Waals surface area (Å²) in [4.78, 5) is 5.04. The Bertz CT molecular complexity index is 119. The molecule has 0 aromatic carbocycles. The average Bonchev–Trinajstić information content (AvgIpc) is 2.37. The van der Waals surface area contributed by atoms with E-state index in [1.165, 1.54) is 19.3 Å². The molecule has 0 amide bonds. The van der Waals surface area contributed by atoms with Gasteiger partial charge in [0.2, 0.25) is 0 Å². The summed E-state index contributed by atoms with van der Waals surface area (Å²) in [5, 5.41) is 1.86. The molecule has 0 aliphatic heterocycles. The summed E-state index contributed by atoms with van der Waals surface area (Å²) >= 11 is 0. The third-order valence-electron chi connectivity index (χ3n) is 2.52. The maximum Gasteiger partial charge on any atom is 0.0575 e. The Morgan fingerprint density at radius 2 is 2.27 bits per heavy atom. The Labute approximate surface area is 68.5 Å². The fraction of sp³-hybridized carbons (Fsp3) is 1.00. The molecular weight excluding hydrogens is 140 g/mol. The third kappa shape index (κ3) is 2.43. The first kappa shape index (κ1) is 8.97. The van der Waals surface area contributed by atoms with E-state index >= 15 is 0 Å². The topological polar surface area (TPSA) is 38.5 Å². The van der Waals surface area contributed by atoms with Crippen molar-refractivity contribution in [3.8, 4) is 0 Å². The van der Waals surface area contributed by atoms with Gasteiger partial charge in [-0.25, -0.2) is 0 Å². The van der Waals surface area contributed by atoms with Crippen LogP contribution in [0.4, 0.5) is 0 Å². The summed E-state index contributed by atoms with van der Waals surface area (Å²) in [7, 11) is 3.64. The van der Waals surface area contributed by atoms with E-state index in [0.717, 1.165) is 6.54 Å². The molecule has 1 aliphatic carbocycles. The Kier molecular flexibility index (Phi) is 3.30. The highest BCUT2D eigenvalue weighted by Crippen LogP contribution is 2.24. The molecule has 0 radical (unpaired) electrons. The molecule has 2 atom stereocenters. The number of nitrogens with two attached hydrogens (primary N) is 1. The van der Waals surface area contributed by atoms with Gasteiger partial charge in [-0.3, -0.25) is 0 Å². The highest BCUT2D eigenvalue weighted by molar-refractivity contribution is 4.80. The van der Waals surface area contributed by atoms with Gasteiger partial charge < -0.3 is 10.6 Å². The van der Waals surface area contributed by atoms with E-state index in [2.05, 4.69) is 0 Å². The van der Waals surface area contributed by atoms with Crippen LogP contribution in [-0.2, 0) is 4.84 Å². The minimum absolute atomic E-state index is 0.396. The molecule has 0 aromatic rings. The molecular formula is C8H18N2O. The molecule has 0 saturated heterocycles. The summed E-state index contributed by atoms with van der Waals surface area (Å²) in [6, 6.07) is 0.396. The van der Waals surface area contributed by atoms with Gasteiger partial charge in [-0.1, -0.05) is 6.42 Å². The summed E-state index contributed by atoms with van der Waals surface area (Å²) < 4.78 is 0. The molecule has 0 aromatic heterocycles. The molecule has 66 valence electrons. The summed E-state index contributed by atoms with van der Waals surface area (Å²) in [5.41, 5.74) is 5.90. The monoisotopic (exact) mass is 158 g/mol. The van der Waals surface area contributed by atoms with Gasteiger partial charge in [0.15, 0.2) is 0 Å². The predicted octanol–water partition coefficient (Wildman–Crippen LogP) is 0.607. The maximum absolute atomic E-state index is 5.90. The normalized spacial score (nSPS) is 31.6. The molecule has 1 fully saturated rings. The van der Waals surface area contributed by atoms with Crippen LogP contribution in [0.2, 0.25) is 0 Å². The van der Waals surface area contributed by atoms with Crippen molar-refractivity contribution in [2.24, 2.45) is 11.7 Å². The first-order valence-electron chi connectivity index (χ1n) is 4.25. The zero-order valence-electron chi connectivity index (χ0n) is 7.42. The lowest BCUT2D eigenvalue weighted by molar-refractivity contribution is -0.118. The van der Waals surface area contributed by atoms with Crippen molar-refractivity contribution in [1.82, 2.24) is 5.06 Å². The van der Waals surface area contributed by atoms with Crippen molar-refractivity contribution in [3.63, 3.8) is 0 Å². The Balaban J connectivity index is 2.24. The number of nitrogens with zero attached hydrogens (tertiary/aromatic N) is 1. The van der Waals surface area contributed by atoms with E-state index in [4.69, 9.17) is 10.6 Å². The lowest BCUT2D eigenvalue weighted by Gasteiger charge is -2.21. The van der Waals surface area contributed by atoms with Gasteiger partial charge in [0.25, 0.3) is 0 Å². The quantitative estimate of drug-likeness (QED) is 0.611. The summed E-state index contributed by atoms with van der Waals surface area (Å²) in [6.07, 6.45) is 3.72. The lowest BCUT2D eigenvalue weighted by atomic mass is 10.1. The molecule has 0 spiro atoms. The van der Waals surface area contributed by atoms with Crippen LogP contribution in [0.25, 0.3) is 0 Å². The zero-order chi connectivity index (χ0) is 8.27. The maximum atomic E-state index is 5.90. The molecule has 3 heteroatoms. The van der Waals surface area contributed by atoms with Crippen molar-refractivity contribution in [3.05, 3.63) is 0 Å². The van der Waals surface area contributed by atoms with Gasteiger partial charge in [0.1, 0.15) is 0 Å². The largest absolute Gasteiger partial charge is 0.327 e. The van der Waals surface area contributed by atoms with Crippen molar-refractivity contribution in [2.45, 2.75) is 25.3 Å². The molecule has 1 aliphatic rings. The third-order valence-corrected chi connectivity index (χ3v) is 2.52. The SMILES string of the molecule is CON(C)CC1CCCC1N. The minimum Gasteiger partial charge on any atom is -0.327 e. The first-order chi connectivity index (χ1) is 5.24. The molecule has 0 heterocycles. The lowest BCUT2D eigenvalue weighted by Crippen LogP contribution is -2.33. The standard InChI is InChI=1S/C8H18N2O/c1-10(11-2)6-7-4-3-5-8(7)9/h7-8H,3-6,9H2,1-2H3. The second-order valence-electron chi connectivity index (χ2n) is 3.35. The number of hydroxylamine groups is 2. The van der Waals surface area contributed by atoms with E-state index < -0.39 is 0 Å². The fourth-order valence-electron chi connectivity index (χ4n) is 1.70. The zero-order valence-corrected chi connectivity index (χ0v) is 7.42. The van der Waals surface area contributed by atoms with Crippen LogP contribution in [-0.4, -0.2) is 31.8 Å². The van der Waals surface area contributed by atoms with Crippen molar-refractivity contribution in [1.29, 1.82) is 0 Å². The van der Waals surface area contributed by atoms with Crippen LogP contribution in [0.15, 0.2) is 0 Å². The number of rotatable bonds is 3. The fourth-order valence-corrected chi connectivity index (χ4v) is 1.70. The van der Waals surface area contributed by atoms with Gasteiger partial charge in [-0.15, -0.1) is 0 Å². The van der Waals surface area contributed by atoms with Crippen LogP contribution < -0.4 is 5.73 Å². The molecule has 1 rings (SSSR count). The second-order valence-corrected chi connectivity index (χ2v) is 3.35. The number of hydrogen-bond acceptors (Lipinski definition) is 3. The van der Waals surface area contributed by atoms with Crippen molar-refractivity contribution >= 4 is 0 Å². The Morgan fingerprint density at radius 1 is 1.55 bits per heavy atom. The molecule has 2 N–H and O–H groups in total. The van der Waals surface area contributed by atoms with Crippen LogP contribution in [0, 0.1) is 5.92 Å². The van der Waals surface area contributed by atoms with Crippen LogP contribution >= 0.6 is 0 Å². The smallest absolute Gasteiger partial charge is 0.0575 e. The molecule has 3 nitrogen and oxygen atoms in total. The van der Waals surface area contributed by atoms with E-state index in [1.807, 2.05) is 12.1 Å². The summed E-state index contributed by atoms with van der Waals surface area (Å²) in [5.74, 6) is 0.639. The number of hydrogen-bond donors (Lipinski definition) is 1. The van der Waals surface area contributed by atoms with Gasteiger partial charge in [0, 0.05) is 19.6 Å². The first-order valence-corrected chi connectivity index (χ1v) is 4.25. The molecule has 1 saturated carbocycles. The highest BCUT2D eigenvalue weighted by atomic mass is 16.7. The average molecular weight is 158 g/mol. The van der Waals surface area contributed by atoms with Crippen molar-refractivity contribution < 1.29 is 4.84 Å². The van der Waals surface area contributed by atoms with Crippen LogP contribution in [0.5, 0.6) is 0 Å². The van der Waals surface area contributed by atoms with E-state index in [9.17, 15) is 0 Å². The van der Waals surface area contributed by atoms with Crippen LogP contribution in [0.1, 0.15) is 19.3 Å². The second kappa shape index (κ2) is 4.04. The van der Waals surface area contributed by atoms with Gasteiger partial charge in [0.05, 0.1) is 7.11 Å². The van der Waals surface area contributed by atoms with Crippen LogP contribution in [0.3, 0.4) is 0 Å². The summed E-state index contributed by atoms with van der Waals surface area (Å²) in [6.45, 7) is 0.970. The minimum atomic E-state index is 0.396. The van der Waals surface area contributed by atoms with E-state index in [1.54, 1.807) is 7.11 Å². The molecule has 2 unspecified atom stereocenters. The molecule has 11 heavy (non-hydrogen) atoms. The Morgan fingerprint density at radius 3 is 2.73 bits per heavy atom. The van der Waals surface area contributed by atoms with E-state index in [-0.39, 0.29) is 0 Å². The highest BCUT2D eigenvalue weighted by Gasteiger charge is 2.24.